The average Bonchev–Trinajstić information content (AvgIpc) is 2.91. The van der Waals surface area contributed by atoms with Crippen LogP contribution < -0.4 is 15.5 Å². The summed E-state index contributed by atoms with van der Waals surface area (Å²) in [5, 5.41) is 6.28. The van der Waals surface area contributed by atoms with Crippen LogP contribution in [0.4, 0.5) is 17.3 Å². The topological polar surface area (TPSA) is 70.2 Å². The maximum Gasteiger partial charge on any atom is 0.270 e. The van der Waals surface area contributed by atoms with Crippen LogP contribution in [0.3, 0.4) is 0 Å². The van der Waals surface area contributed by atoms with Crippen molar-refractivity contribution in [1.82, 2.24) is 15.3 Å². The van der Waals surface area contributed by atoms with Gasteiger partial charge in [0, 0.05) is 37.7 Å². The third-order valence-corrected chi connectivity index (χ3v) is 4.72. The molecule has 1 saturated carbocycles. The molecule has 0 spiro atoms. The van der Waals surface area contributed by atoms with Crippen LogP contribution in [0.2, 0.25) is 0 Å². The number of hydrogen-bond donors (Lipinski definition) is 2. The zero-order chi connectivity index (χ0) is 18.4. The fraction of sp³-hybridized carbons (Fsp3) is 0.450. The second-order valence-electron chi connectivity index (χ2n) is 6.99. The van der Waals surface area contributed by atoms with Gasteiger partial charge in [0.05, 0.1) is 0 Å². The smallest absolute Gasteiger partial charge is 0.270 e. The highest BCUT2D eigenvalue weighted by atomic mass is 16.1. The Morgan fingerprint density at radius 1 is 1.04 bits per heavy atom. The molecule has 0 bridgehead atoms. The highest BCUT2D eigenvalue weighted by Crippen LogP contribution is 2.19. The summed E-state index contributed by atoms with van der Waals surface area (Å²) in [5.41, 5.74) is 2.40. The van der Waals surface area contributed by atoms with Gasteiger partial charge in [-0.1, -0.05) is 25.7 Å². The van der Waals surface area contributed by atoms with Gasteiger partial charge in [-0.2, -0.15) is 0 Å². The Morgan fingerprint density at radius 3 is 2.38 bits per heavy atom. The van der Waals surface area contributed by atoms with E-state index < -0.39 is 0 Å². The number of rotatable bonds is 5. The second kappa shape index (κ2) is 8.65. The monoisotopic (exact) mass is 353 g/mol. The van der Waals surface area contributed by atoms with Gasteiger partial charge in [-0.25, -0.2) is 9.97 Å². The molecule has 138 valence electrons. The number of carbonyl (C=O) groups is 1. The summed E-state index contributed by atoms with van der Waals surface area (Å²) < 4.78 is 0. The molecule has 1 fully saturated rings. The summed E-state index contributed by atoms with van der Waals surface area (Å²) >= 11 is 0. The summed E-state index contributed by atoms with van der Waals surface area (Å²) in [6, 6.07) is 9.89. The lowest BCUT2D eigenvalue weighted by molar-refractivity contribution is 0.0928. The van der Waals surface area contributed by atoms with Gasteiger partial charge in [-0.3, -0.25) is 4.79 Å². The highest BCUT2D eigenvalue weighted by Gasteiger charge is 2.17. The summed E-state index contributed by atoms with van der Waals surface area (Å²) in [6.07, 6.45) is 8.63. The van der Waals surface area contributed by atoms with Crippen LogP contribution in [0.5, 0.6) is 0 Å². The van der Waals surface area contributed by atoms with E-state index in [1.54, 1.807) is 12.3 Å². The second-order valence-corrected chi connectivity index (χ2v) is 6.99. The van der Waals surface area contributed by atoms with Gasteiger partial charge in [0.15, 0.2) is 0 Å². The van der Waals surface area contributed by atoms with Crippen molar-refractivity contribution in [1.29, 1.82) is 0 Å². The first kappa shape index (κ1) is 18.2. The molecule has 1 aliphatic rings. The van der Waals surface area contributed by atoms with Crippen molar-refractivity contribution in [2.24, 2.45) is 0 Å². The molecule has 6 heteroatoms. The quantitative estimate of drug-likeness (QED) is 0.802. The van der Waals surface area contributed by atoms with Crippen LogP contribution in [0, 0.1) is 0 Å². The molecule has 0 atom stereocenters. The fourth-order valence-corrected chi connectivity index (χ4v) is 3.20. The van der Waals surface area contributed by atoms with Crippen LogP contribution in [-0.4, -0.2) is 36.0 Å². The molecule has 26 heavy (non-hydrogen) atoms. The fourth-order valence-electron chi connectivity index (χ4n) is 3.20. The SMILES string of the molecule is CN(C)c1ccc(Nc2nccc(C(=O)NC3CCCCCC3)n2)cc1. The normalized spacial score (nSPS) is 15.2. The zero-order valence-electron chi connectivity index (χ0n) is 15.5. The van der Waals surface area contributed by atoms with Gasteiger partial charge in [0.25, 0.3) is 5.91 Å². The van der Waals surface area contributed by atoms with Gasteiger partial charge in [0.2, 0.25) is 5.95 Å². The van der Waals surface area contributed by atoms with Crippen LogP contribution in [0.1, 0.15) is 49.0 Å². The number of amides is 1. The van der Waals surface area contributed by atoms with Crippen molar-refractivity contribution in [3.8, 4) is 0 Å². The molecule has 0 aliphatic heterocycles. The first-order chi connectivity index (χ1) is 12.6. The maximum atomic E-state index is 12.5. The lowest BCUT2D eigenvalue weighted by Gasteiger charge is -2.16. The lowest BCUT2D eigenvalue weighted by Crippen LogP contribution is -2.35. The molecule has 3 rings (SSSR count). The molecule has 6 nitrogen and oxygen atoms in total. The Hall–Kier alpha value is -2.63. The van der Waals surface area contributed by atoms with Crippen molar-refractivity contribution in [3.63, 3.8) is 0 Å². The molecule has 2 aromatic rings. The highest BCUT2D eigenvalue weighted by molar-refractivity contribution is 5.92. The zero-order valence-corrected chi connectivity index (χ0v) is 15.5. The van der Waals surface area contributed by atoms with Crippen molar-refractivity contribution in [3.05, 3.63) is 42.2 Å². The molecule has 1 amide bonds. The number of nitrogens with zero attached hydrogens (tertiary/aromatic N) is 3. The third kappa shape index (κ3) is 4.94. The van der Waals surface area contributed by atoms with E-state index in [9.17, 15) is 4.79 Å². The minimum absolute atomic E-state index is 0.120. The molecule has 1 aromatic carbocycles. The molecule has 1 aliphatic carbocycles. The Morgan fingerprint density at radius 2 is 1.73 bits per heavy atom. The van der Waals surface area contributed by atoms with Crippen LogP contribution in [0.15, 0.2) is 36.5 Å². The molecule has 1 aromatic heterocycles. The number of anilines is 3. The van der Waals surface area contributed by atoms with Crippen molar-refractivity contribution < 1.29 is 4.79 Å². The summed E-state index contributed by atoms with van der Waals surface area (Å²) in [5.74, 6) is 0.307. The third-order valence-electron chi connectivity index (χ3n) is 4.72. The van der Waals surface area contributed by atoms with Gasteiger partial charge in [-0.05, 0) is 43.2 Å². The van der Waals surface area contributed by atoms with Gasteiger partial charge < -0.3 is 15.5 Å². The molecule has 2 N–H and O–H groups in total. The van der Waals surface area contributed by atoms with Gasteiger partial charge in [-0.15, -0.1) is 0 Å². The van der Waals surface area contributed by atoms with Crippen LogP contribution in [-0.2, 0) is 0 Å². The molecular formula is C20H27N5O. The Kier molecular flexibility index (Phi) is 6.04. The first-order valence-corrected chi connectivity index (χ1v) is 9.30. The number of aromatic nitrogens is 2. The lowest BCUT2D eigenvalue weighted by atomic mass is 10.1. The van der Waals surface area contributed by atoms with Gasteiger partial charge in [0.1, 0.15) is 5.69 Å². The largest absolute Gasteiger partial charge is 0.378 e. The van der Waals surface area contributed by atoms with Crippen LogP contribution >= 0.6 is 0 Å². The first-order valence-electron chi connectivity index (χ1n) is 9.30. The summed E-state index contributed by atoms with van der Waals surface area (Å²) in [4.78, 5) is 23.1. The molecule has 1 heterocycles. The Bertz CT molecular complexity index is 721. The number of hydrogen-bond acceptors (Lipinski definition) is 5. The summed E-state index contributed by atoms with van der Waals surface area (Å²) in [6.45, 7) is 0. The molecular weight excluding hydrogens is 326 g/mol. The van der Waals surface area contributed by atoms with E-state index in [0.29, 0.717) is 11.6 Å². The minimum Gasteiger partial charge on any atom is -0.378 e. The number of nitrogens with one attached hydrogen (secondary N) is 2. The standard InChI is InChI=1S/C20H27N5O/c1-25(2)17-11-9-16(10-12-17)23-20-21-14-13-18(24-20)19(26)22-15-7-5-3-4-6-8-15/h9-15H,3-8H2,1-2H3,(H,22,26)(H,21,23,24). The maximum absolute atomic E-state index is 12.5. The van der Waals surface area contributed by atoms with E-state index in [4.69, 9.17) is 0 Å². The minimum atomic E-state index is -0.120. The van der Waals surface area contributed by atoms with E-state index in [1.165, 1.54) is 25.7 Å². The number of benzene rings is 1. The Balaban J connectivity index is 1.64. The molecule has 0 radical (unpaired) electrons. The van der Waals surface area contributed by atoms with E-state index in [0.717, 1.165) is 24.2 Å². The number of carbonyl (C=O) groups excluding carboxylic acids is 1. The Labute approximate surface area is 155 Å². The molecule has 0 saturated heterocycles. The average molecular weight is 353 g/mol. The van der Waals surface area contributed by atoms with Crippen molar-refractivity contribution in [2.75, 3.05) is 24.3 Å². The predicted molar refractivity (Wildman–Crippen MR) is 105 cm³/mol. The van der Waals surface area contributed by atoms with Crippen molar-refractivity contribution in [2.45, 2.75) is 44.6 Å². The predicted octanol–water partition coefficient (Wildman–Crippen LogP) is 3.74. The molecule has 0 unspecified atom stereocenters. The summed E-state index contributed by atoms with van der Waals surface area (Å²) in [7, 11) is 4.00. The van der Waals surface area contributed by atoms with Crippen molar-refractivity contribution >= 4 is 23.2 Å². The van der Waals surface area contributed by atoms with Crippen LogP contribution in [0.25, 0.3) is 0 Å². The van der Waals surface area contributed by atoms with E-state index in [-0.39, 0.29) is 11.9 Å². The van der Waals surface area contributed by atoms with E-state index >= 15 is 0 Å². The van der Waals surface area contributed by atoms with E-state index in [2.05, 4.69) is 20.6 Å². The van der Waals surface area contributed by atoms with Gasteiger partial charge >= 0.3 is 0 Å². The van der Waals surface area contributed by atoms with E-state index in [1.807, 2.05) is 43.3 Å².